The molecule has 0 spiro atoms. The van der Waals surface area contributed by atoms with Crippen LogP contribution in [-0.4, -0.2) is 17.4 Å². The predicted molar refractivity (Wildman–Crippen MR) is 92.7 cm³/mol. The molecule has 24 heavy (non-hydrogen) atoms. The molecule has 2 aromatic carbocycles. The van der Waals surface area contributed by atoms with Crippen molar-refractivity contribution in [3.8, 4) is 0 Å². The molecule has 0 bridgehead atoms. The Morgan fingerprint density at radius 1 is 1.17 bits per heavy atom. The van der Waals surface area contributed by atoms with Gasteiger partial charge in [0, 0.05) is 19.0 Å². The lowest BCUT2D eigenvalue weighted by atomic mass is 10.0. The molecule has 2 aromatic rings. The van der Waals surface area contributed by atoms with E-state index >= 15 is 0 Å². The fourth-order valence-corrected chi connectivity index (χ4v) is 3.39. The van der Waals surface area contributed by atoms with Gasteiger partial charge < -0.3 is 10.6 Å². The van der Waals surface area contributed by atoms with E-state index < -0.39 is 0 Å². The molecule has 1 aliphatic heterocycles. The van der Waals surface area contributed by atoms with Crippen LogP contribution < -0.4 is 5.73 Å². The van der Waals surface area contributed by atoms with Crippen LogP contribution in [0.25, 0.3) is 0 Å². The first-order valence-electron chi connectivity index (χ1n) is 8.50. The van der Waals surface area contributed by atoms with Gasteiger partial charge in [-0.3, -0.25) is 4.79 Å². The number of carbonyl (C=O) groups excluding carboxylic acids is 1. The van der Waals surface area contributed by atoms with E-state index in [1.807, 2.05) is 35.2 Å². The highest BCUT2D eigenvalue weighted by Gasteiger charge is 2.29. The van der Waals surface area contributed by atoms with Gasteiger partial charge in [-0.25, -0.2) is 4.39 Å². The van der Waals surface area contributed by atoms with Crippen LogP contribution in [0, 0.1) is 5.82 Å². The Hall–Kier alpha value is -2.20. The molecule has 1 amide bonds. The van der Waals surface area contributed by atoms with Crippen LogP contribution in [0.5, 0.6) is 0 Å². The van der Waals surface area contributed by atoms with Gasteiger partial charge in [0.1, 0.15) is 5.82 Å². The second-order valence-electron chi connectivity index (χ2n) is 6.35. The minimum atomic E-state index is -0.247. The standard InChI is InChI=1S/C20H23FN2O/c21-17-10-8-16(9-11-17)19-7-4-14-23(19)20(24)13-12-18(22)15-5-2-1-3-6-15/h1-3,5-6,8-11,18-19H,4,7,12-14,22H2/t18-,19-/m1/s1. The summed E-state index contributed by atoms with van der Waals surface area (Å²) in [6.07, 6.45) is 2.99. The van der Waals surface area contributed by atoms with E-state index in [1.165, 1.54) is 12.1 Å². The summed E-state index contributed by atoms with van der Waals surface area (Å²) in [5.74, 6) is -0.114. The van der Waals surface area contributed by atoms with Gasteiger partial charge in [-0.1, -0.05) is 42.5 Å². The molecule has 2 atom stereocenters. The minimum absolute atomic E-state index is 0.0612. The van der Waals surface area contributed by atoms with Crippen LogP contribution in [0.2, 0.25) is 0 Å². The number of amides is 1. The number of benzene rings is 2. The van der Waals surface area contributed by atoms with Crippen molar-refractivity contribution in [1.29, 1.82) is 0 Å². The zero-order valence-corrected chi connectivity index (χ0v) is 13.7. The summed E-state index contributed by atoms with van der Waals surface area (Å²) < 4.78 is 13.1. The lowest BCUT2D eigenvalue weighted by Gasteiger charge is -2.26. The average Bonchev–Trinajstić information content (AvgIpc) is 3.10. The van der Waals surface area contributed by atoms with Gasteiger partial charge >= 0.3 is 0 Å². The van der Waals surface area contributed by atoms with Crippen LogP contribution >= 0.6 is 0 Å². The van der Waals surface area contributed by atoms with Crippen LogP contribution in [0.15, 0.2) is 54.6 Å². The molecule has 0 radical (unpaired) electrons. The maximum atomic E-state index is 13.1. The topological polar surface area (TPSA) is 46.3 Å². The van der Waals surface area contributed by atoms with Crippen molar-refractivity contribution in [2.75, 3.05) is 6.54 Å². The van der Waals surface area contributed by atoms with E-state index in [2.05, 4.69) is 0 Å². The van der Waals surface area contributed by atoms with Crippen LogP contribution in [0.4, 0.5) is 4.39 Å². The van der Waals surface area contributed by atoms with Crippen LogP contribution in [0.1, 0.15) is 48.9 Å². The third-order valence-electron chi connectivity index (χ3n) is 4.72. The molecule has 1 saturated heterocycles. The number of rotatable bonds is 5. The monoisotopic (exact) mass is 326 g/mol. The first-order chi connectivity index (χ1) is 11.6. The number of hydrogen-bond donors (Lipinski definition) is 1. The Balaban J connectivity index is 1.60. The molecule has 0 aromatic heterocycles. The van der Waals surface area contributed by atoms with Crippen molar-refractivity contribution in [3.63, 3.8) is 0 Å². The molecule has 3 rings (SSSR count). The van der Waals surface area contributed by atoms with Crippen molar-refractivity contribution < 1.29 is 9.18 Å². The maximum absolute atomic E-state index is 13.1. The Morgan fingerprint density at radius 2 is 1.88 bits per heavy atom. The molecule has 0 saturated carbocycles. The Labute approximate surface area is 142 Å². The number of hydrogen-bond acceptors (Lipinski definition) is 2. The van der Waals surface area contributed by atoms with E-state index in [9.17, 15) is 9.18 Å². The van der Waals surface area contributed by atoms with Crippen LogP contribution in [-0.2, 0) is 4.79 Å². The summed E-state index contributed by atoms with van der Waals surface area (Å²) in [7, 11) is 0. The Morgan fingerprint density at radius 3 is 2.58 bits per heavy atom. The summed E-state index contributed by atoms with van der Waals surface area (Å²) in [5, 5.41) is 0. The van der Waals surface area contributed by atoms with Gasteiger partial charge in [0.25, 0.3) is 0 Å². The van der Waals surface area contributed by atoms with Gasteiger partial charge in [-0.15, -0.1) is 0 Å². The SMILES string of the molecule is N[C@H](CCC(=O)N1CCC[C@@H]1c1ccc(F)cc1)c1ccccc1. The quantitative estimate of drug-likeness (QED) is 0.903. The molecule has 2 N–H and O–H groups in total. The highest BCUT2D eigenvalue weighted by Crippen LogP contribution is 2.33. The molecule has 126 valence electrons. The summed E-state index contributed by atoms with van der Waals surface area (Å²) in [6, 6.07) is 16.3. The van der Waals surface area contributed by atoms with Crippen molar-refractivity contribution in [3.05, 3.63) is 71.5 Å². The van der Waals surface area contributed by atoms with E-state index in [0.29, 0.717) is 12.8 Å². The zero-order valence-electron chi connectivity index (χ0n) is 13.7. The summed E-state index contributed by atoms with van der Waals surface area (Å²) in [4.78, 5) is 14.5. The molecule has 0 unspecified atom stereocenters. The molecule has 1 fully saturated rings. The molecule has 1 aliphatic rings. The number of likely N-dealkylation sites (tertiary alicyclic amines) is 1. The Kier molecular flexibility index (Phi) is 5.26. The maximum Gasteiger partial charge on any atom is 0.223 e. The Bertz CT molecular complexity index is 672. The predicted octanol–water partition coefficient (Wildman–Crippen LogP) is 3.97. The summed E-state index contributed by atoms with van der Waals surface area (Å²) in [6.45, 7) is 0.765. The zero-order chi connectivity index (χ0) is 16.9. The van der Waals surface area contributed by atoms with Crippen molar-refractivity contribution in [1.82, 2.24) is 4.90 Å². The number of nitrogens with zero attached hydrogens (tertiary/aromatic N) is 1. The van der Waals surface area contributed by atoms with Gasteiger partial charge in [0.05, 0.1) is 6.04 Å². The van der Waals surface area contributed by atoms with E-state index in [4.69, 9.17) is 5.73 Å². The average molecular weight is 326 g/mol. The first-order valence-corrected chi connectivity index (χ1v) is 8.50. The smallest absolute Gasteiger partial charge is 0.223 e. The minimum Gasteiger partial charge on any atom is -0.336 e. The van der Waals surface area contributed by atoms with Gasteiger partial charge in [-0.05, 0) is 42.5 Å². The lowest BCUT2D eigenvalue weighted by Crippen LogP contribution is -2.31. The second kappa shape index (κ2) is 7.58. The summed E-state index contributed by atoms with van der Waals surface area (Å²) in [5.41, 5.74) is 8.26. The number of halogens is 1. The van der Waals surface area contributed by atoms with Crippen molar-refractivity contribution in [2.24, 2.45) is 5.73 Å². The van der Waals surface area contributed by atoms with Gasteiger partial charge in [0.15, 0.2) is 0 Å². The van der Waals surface area contributed by atoms with E-state index in [0.717, 1.165) is 30.5 Å². The fraction of sp³-hybridized carbons (Fsp3) is 0.350. The highest BCUT2D eigenvalue weighted by atomic mass is 19.1. The van der Waals surface area contributed by atoms with Crippen molar-refractivity contribution >= 4 is 5.91 Å². The van der Waals surface area contributed by atoms with Crippen LogP contribution in [0.3, 0.4) is 0 Å². The second-order valence-corrected chi connectivity index (χ2v) is 6.35. The van der Waals surface area contributed by atoms with E-state index in [-0.39, 0.29) is 23.8 Å². The molecule has 1 heterocycles. The van der Waals surface area contributed by atoms with Gasteiger partial charge in [-0.2, -0.15) is 0 Å². The third-order valence-corrected chi connectivity index (χ3v) is 4.72. The summed E-state index contributed by atoms with van der Waals surface area (Å²) >= 11 is 0. The largest absolute Gasteiger partial charge is 0.336 e. The van der Waals surface area contributed by atoms with Crippen molar-refractivity contribution in [2.45, 2.75) is 37.8 Å². The number of carbonyl (C=O) groups is 1. The molecular formula is C20H23FN2O. The molecule has 0 aliphatic carbocycles. The molecular weight excluding hydrogens is 303 g/mol. The van der Waals surface area contributed by atoms with Gasteiger partial charge in [0.2, 0.25) is 5.91 Å². The number of nitrogens with two attached hydrogens (primary N) is 1. The molecule has 4 heteroatoms. The van der Waals surface area contributed by atoms with E-state index in [1.54, 1.807) is 12.1 Å². The molecule has 3 nitrogen and oxygen atoms in total. The first kappa shape index (κ1) is 16.7. The third kappa shape index (κ3) is 3.82. The fourth-order valence-electron chi connectivity index (χ4n) is 3.39. The highest BCUT2D eigenvalue weighted by molar-refractivity contribution is 5.77. The normalized spacial score (nSPS) is 18.6. The lowest BCUT2D eigenvalue weighted by molar-refractivity contribution is -0.132.